The molecule has 0 aliphatic rings. The summed E-state index contributed by atoms with van der Waals surface area (Å²) in [6.07, 6.45) is 0. The molecule has 1 aromatic heterocycles. The second-order valence-electron chi connectivity index (χ2n) is 9.73. The number of rotatable bonds is 10. The van der Waals surface area contributed by atoms with E-state index in [1.54, 1.807) is 0 Å². The minimum atomic E-state index is -5.54. The average Bonchev–Trinajstić information content (AvgIpc) is 2.99. The van der Waals surface area contributed by atoms with Crippen LogP contribution in [0.15, 0.2) is 85.6 Å². The van der Waals surface area contributed by atoms with Gasteiger partial charge in [0.25, 0.3) is 0 Å². The second-order valence-corrected chi connectivity index (χ2v) is 14.3. The smallest absolute Gasteiger partial charge is 0.744 e. The van der Waals surface area contributed by atoms with Crippen molar-refractivity contribution < 1.29 is 116 Å². The van der Waals surface area contributed by atoms with Gasteiger partial charge in [-0.1, -0.05) is 17.7 Å². The van der Waals surface area contributed by atoms with Crippen LogP contribution in [0, 0.1) is 0 Å². The number of hydrogen-bond donors (Lipinski definition) is 5. The zero-order chi connectivity index (χ0) is 36.8. The van der Waals surface area contributed by atoms with Gasteiger partial charge in [0, 0.05) is 16.1 Å². The van der Waals surface area contributed by atoms with Crippen LogP contribution >= 0.6 is 11.6 Å². The van der Waals surface area contributed by atoms with E-state index in [9.17, 15) is 59.0 Å². The normalized spacial score (nSPS) is 11.6. The van der Waals surface area contributed by atoms with Crippen molar-refractivity contribution >= 4 is 93.3 Å². The molecule has 260 valence electrons. The van der Waals surface area contributed by atoms with Crippen LogP contribution in [0.5, 0.6) is 11.8 Å². The zero-order valence-corrected chi connectivity index (χ0v) is 30.2. The molecular formula is C26H15ClLi3N7O13S3. The number of hydrogen-bond acceptors (Lipinski definition) is 19. The van der Waals surface area contributed by atoms with Crippen LogP contribution in [0.2, 0.25) is 5.02 Å². The first kappa shape index (κ1) is 45.4. The van der Waals surface area contributed by atoms with E-state index in [-0.39, 0.29) is 73.0 Å². The van der Waals surface area contributed by atoms with Gasteiger partial charge in [0.2, 0.25) is 11.9 Å². The summed E-state index contributed by atoms with van der Waals surface area (Å²) >= 11 is 5.83. The number of phenolic OH excluding ortho intramolecular Hbond substituents is 1. The molecule has 53 heavy (non-hydrogen) atoms. The summed E-state index contributed by atoms with van der Waals surface area (Å²) in [6.45, 7) is 0. The molecule has 0 bridgehead atoms. The molecule has 27 heteroatoms. The van der Waals surface area contributed by atoms with E-state index in [2.05, 4.69) is 35.8 Å². The third-order valence-electron chi connectivity index (χ3n) is 6.38. The molecule has 0 amide bonds. The summed E-state index contributed by atoms with van der Waals surface area (Å²) in [6, 6.07) is 8.63. The molecule has 0 atom stereocenters. The second kappa shape index (κ2) is 17.1. The Bertz CT molecular complexity index is 2620. The fourth-order valence-corrected chi connectivity index (χ4v) is 6.18. The number of anilines is 4. The summed E-state index contributed by atoms with van der Waals surface area (Å²) in [5.41, 5.74) is -2.51. The summed E-state index contributed by atoms with van der Waals surface area (Å²) in [5.74, 6) is -3.76. The van der Waals surface area contributed by atoms with Gasteiger partial charge in [-0.05, 0) is 60.0 Å². The molecule has 0 aliphatic heterocycles. The number of aromatic carboxylic acids is 1. The van der Waals surface area contributed by atoms with E-state index < -0.39 is 102 Å². The Kier molecular flexibility index (Phi) is 14.7. The number of azo groups is 1. The number of aromatic hydroxyl groups is 2. The fraction of sp³-hybridized carbons (Fsp3) is 0. The van der Waals surface area contributed by atoms with Crippen molar-refractivity contribution in [2.24, 2.45) is 10.2 Å². The summed E-state index contributed by atoms with van der Waals surface area (Å²) in [7, 11) is -15.7. The Labute approximate surface area is 339 Å². The van der Waals surface area contributed by atoms with E-state index in [1.165, 1.54) is 18.2 Å². The number of halogens is 1. The maximum absolute atomic E-state index is 12.3. The molecule has 0 unspecified atom stereocenters. The van der Waals surface area contributed by atoms with Crippen LogP contribution < -0.4 is 67.2 Å². The first-order valence-corrected chi connectivity index (χ1v) is 17.6. The topological polar surface area (TPSA) is 337 Å². The standard InChI is InChI=1S/C26H18ClN7O13S3.3Li/c27-12-4-5-17(16(8-12)23(36)37)33-34-21-19(50(45,46)47)7-11-6-15(49(42,43)44)10-18(20(11)22(21)35)29-25-30-24(31-26(38)32-25)28-13-2-1-3-14(9-13)48(39,40)41;;;/h1-10,35H,(H,36,37)(H,39,40,41)(H,42,43,44)(H,45,46,47)(H3,28,29,30,31,32,38);;;/q;3*+1/p-3. The Hall–Kier alpha value is -3.77. The van der Waals surface area contributed by atoms with E-state index in [0.717, 1.165) is 24.3 Å². The number of nitrogens with one attached hydrogen (secondary N) is 2. The van der Waals surface area contributed by atoms with Crippen LogP contribution in [-0.4, -0.2) is 75.2 Å². The van der Waals surface area contributed by atoms with Crippen LogP contribution in [-0.2, 0) is 30.4 Å². The number of aromatic nitrogens is 3. The Balaban J connectivity index is 0.00000324. The molecule has 0 spiro atoms. The van der Waals surface area contributed by atoms with Gasteiger partial charge < -0.3 is 39.6 Å². The third kappa shape index (κ3) is 10.7. The number of phenols is 1. The van der Waals surface area contributed by atoms with Crippen molar-refractivity contribution in [2.45, 2.75) is 14.7 Å². The van der Waals surface area contributed by atoms with Crippen molar-refractivity contribution in [3.63, 3.8) is 0 Å². The summed E-state index contributed by atoms with van der Waals surface area (Å²) < 4.78 is 107. The van der Waals surface area contributed by atoms with Crippen molar-refractivity contribution in [2.75, 3.05) is 10.6 Å². The Morgan fingerprint density at radius 2 is 1.36 bits per heavy atom. The number of fused-ring (bicyclic) bond motifs is 1. The number of carboxylic acid groups (broad SMARTS) is 1. The first-order chi connectivity index (χ1) is 23.2. The average molecular weight is 786 g/mol. The minimum Gasteiger partial charge on any atom is -0.744 e. The van der Waals surface area contributed by atoms with Gasteiger partial charge in [0.1, 0.15) is 41.7 Å². The molecule has 5 N–H and O–H groups in total. The van der Waals surface area contributed by atoms with Gasteiger partial charge in [0.15, 0.2) is 5.75 Å². The van der Waals surface area contributed by atoms with Gasteiger partial charge >= 0.3 is 68.6 Å². The molecule has 0 aliphatic carbocycles. The molecule has 1 heterocycles. The van der Waals surface area contributed by atoms with Crippen LogP contribution in [0.4, 0.5) is 34.6 Å². The molecule has 5 aromatic rings. The molecule has 4 aromatic carbocycles. The van der Waals surface area contributed by atoms with Gasteiger partial charge in [-0.3, -0.25) is 0 Å². The predicted octanol–water partition coefficient (Wildman–Crippen LogP) is -5.59. The Morgan fingerprint density at radius 3 is 1.94 bits per heavy atom. The van der Waals surface area contributed by atoms with E-state index in [0.29, 0.717) is 18.2 Å². The monoisotopic (exact) mass is 785 g/mol. The van der Waals surface area contributed by atoms with E-state index in [4.69, 9.17) is 11.6 Å². The molecule has 0 radical (unpaired) electrons. The van der Waals surface area contributed by atoms with Crippen LogP contribution in [0.3, 0.4) is 0 Å². The quantitative estimate of drug-likeness (QED) is 0.0500. The maximum Gasteiger partial charge on any atom is 1.00 e. The largest absolute Gasteiger partial charge is 1.00 e. The number of carboxylic acids is 1. The van der Waals surface area contributed by atoms with Crippen molar-refractivity contribution in [1.82, 2.24) is 15.0 Å². The third-order valence-corrected chi connectivity index (χ3v) is 9.11. The maximum atomic E-state index is 12.3. The molecule has 0 saturated carbocycles. The molecule has 20 nitrogen and oxygen atoms in total. The first-order valence-electron chi connectivity index (χ1n) is 13.0. The van der Waals surface area contributed by atoms with Crippen molar-refractivity contribution in [3.05, 3.63) is 71.2 Å². The van der Waals surface area contributed by atoms with Gasteiger partial charge in [-0.15, -0.1) is 10.2 Å². The fourth-order valence-electron chi connectivity index (χ4n) is 4.32. The van der Waals surface area contributed by atoms with Gasteiger partial charge in [-0.25, -0.2) is 30.0 Å². The molecule has 5 rings (SSSR count). The van der Waals surface area contributed by atoms with E-state index in [1.807, 2.05) is 0 Å². The van der Waals surface area contributed by atoms with Crippen molar-refractivity contribution in [1.29, 1.82) is 0 Å². The molecular weight excluding hydrogens is 771 g/mol. The molecule has 0 fully saturated rings. The van der Waals surface area contributed by atoms with Crippen LogP contribution in [0.1, 0.15) is 10.4 Å². The van der Waals surface area contributed by atoms with Crippen LogP contribution in [0.25, 0.3) is 10.8 Å². The Morgan fingerprint density at radius 1 is 0.736 bits per heavy atom. The summed E-state index contributed by atoms with van der Waals surface area (Å²) in [5, 5.41) is 42.1. The minimum absolute atomic E-state index is 0. The molecule has 0 saturated heterocycles. The predicted molar refractivity (Wildman–Crippen MR) is 167 cm³/mol. The number of carbonyl (C=O) groups is 1. The summed E-state index contributed by atoms with van der Waals surface area (Å²) in [4.78, 5) is 20.0. The van der Waals surface area contributed by atoms with E-state index >= 15 is 0 Å². The van der Waals surface area contributed by atoms with Gasteiger partial charge in [-0.2, -0.15) is 15.0 Å². The van der Waals surface area contributed by atoms with Crippen molar-refractivity contribution in [3.8, 4) is 11.8 Å². The SMILES string of the molecule is O=C(O)c1cc(Cl)ccc1N=Nc1c(S(=O)(=O)[O-])cc2cc(S(=O)(=O)[O-])cc(Nc3nc(O)nc(Nc4cccc(S(=O)(=O)[O-])c4)n3)c2c1O.[Li+].[Li+].[Li+]. The number of nitrogens with zero attached hydrogens (tertiary/aromatic N) is 5. The van der Waals surface area contributed by atoms with Gasteiger partial charge in [0.05, 0.1) is 25.9 Å². The number of benzene rings is 4. The zero-order valence-electron chi connectivity index (χ0n) is 27.0.